The summed E-state index contributed by atoms with van der Waals surface area (Å²) in [5, 5.41) is 2.88. The molecule has 0 unspecified atom stereocenters. The first-order valence-electron chi connectivity index (χ1n) is 11.1. The lowest BCUT2D eigenvalue weighted by Crippen LogP contribution is -2.46. The topological polar surface area (TPSA) is 79.0 Å². The third kappa shape index (κ3) is 4.82. The maximum Gasteiger partial charge on any atom is 0.243 e. The van der Waals surface area contributed by atoms with E-state index in [1.165, 1.54) is 0 Å². The van der Waals surface area contributed by atoms with Crippen LogP contribution in [0.4, 0.5) is 5.69 Å². The molecule has 0 aliphatic carbocycles. The Morgan fingerprint density at radius 3 is 2.62 bits per heavy atom. The van der Waals surface area contributed by atoms with Crippen LogP contribution in [0.3, 0.4) is 0 Å². The van der Waals surface area contributed by atoms with Gasteiger partial charge in [-0.05, 0) is 75.6 Å². The van der Waals surface area contributed by atoms with E-state index in [1.807, 2.05) is 24.3 Å². The minimum atomic E-state index is -3.75. The number of nitrogens with zero attached hydrogens (tertiary/aromatic N) is 2. The van der Waals surface area contributed by atoms with Crippen LogP contribution >= 0.6 is 0 Å². The quantitative estimate of drug-likeness (QED) is 0.720. The van der Waals surface area contributed by atoms with Gasteiger partial charge in [0.15, 0.2) is 0 Å². The van der Waals surface area contributed by atoms with Crippen LogP contribution in [-0.4, -0.2) is 56.8 Å². The molecule has 1 amide bonds. The minimum Gasteiger partial charge on any atom is -0.496 e. The number of hydrogen-bond acceptors (Lipinski definition) is 5. The maximum atomic E-state index is 13.9. The Morgan fingerprint density at radius 1 is 1.12 bits per heavy atom. The Labute approximate surface area is 190 Å². The summed E-state index contributed by atoms with van der Waals surface area (Å²) in [6.45, 7) is 1.98. The zero-order chi connectivity index (χ0) is 22.7. The average Bonchev–Trinajstić information content (AvgIpc) is 2.98. The summed E-state index contributed by atoms with van der Waals surface area (Å²) in [4.78, 5) is 14.4. The van der Waals surface area contributed by atoms with Crippen molar-refractivity contribution in [3.05, 3.63) is 53.6 Å². The molecule has 1 saturated heterocycles. The lowest BCUT2D eigenvalue weighted by molar-refractivity contribution is -0.116. The second-order valence-corrected chi connectivity index (χ2v) is 10.5. The molecule has 0 radical (unpaired) electrons. The van der Waals surface area contributed by atoms with Crippen LogP contribution < -0.4 is 10.1 Å². The van der Waals surface area contributed by atoms with Crippen molar-refractivity contribution in [1.82, 2.24) is 9.21 Å². The number of methoxy groups -OCH3 is 1. The number of nitrogens with one attached hydrogen (secondary N) is 1. The van der Waals surface area contributed by atoms with Crippen molar-refractivity contribution >= 4 is 21.6 Å². The number of carbonyl (C=O) groups is 1. The van der Waals surface area contributed by atoms with E-state index in [0.717, 1.165) is 37.1 Å². The number of ether oxygens (including phenoxy) is 1. The highest BCUT2D eigenvalue weighted by Crippen LogP contribution is 2.31. The maximum absolute atomic E-state index is 13.9. The molecular weight excluding hydrogens is 426 g/mol. The molecule has 2 aromatic rings. The fourth-order valence-corrected chi connectivity index (χ4v) is 6.26. The molecule has 2 aromatic carbocycles. The molecule has 0 spiro atoms. The zero-order valence-electron chi connectivity index (χ0n) is 18.7. The van der Waals surface area contributed by atoms with Gasteiger partial charge in [-0.25, -0.2) is 8.42 Å². The molecule has 0 aromatic heterocycles. The van der Waals surface area contributed by atoms with Gasteiger partial charge in [0.1, 0.15) is 5.75 Å². The number of hydrogen-bond donors (Lipinski definition) is 1. The summed E-state index contributed by atoms with van der Waals surface area (Å²) in [6.07, 6.45) is 3.41. The van der Waals surface area contributed by atoms with E-state index in [9.17, 15) is 13.2 Å². The molecule has 2 aliphatic rings. The number of aryl methyl sites for hydroxylation is 1. The monoisotopic (exact) mass is 457 g/mol. The van der Waals surface area contributed by atoms with Gasteiger partial charge in [0.2, 0.25) is 15.9 Å². The molecule has 1 N–H and O–H groups in total. The average molecular weight is 458 g/mol. The Hall–Kier alpha value is -2.42. The zero-order valence-corrected chi connectivity index (χ0v) is 19.5. The third-order valence-electron chi connectivity index (χ3n) is 6.42. The Kier molecular flexibility index (Phi) is 6.83. The first kappa shape index (κ1) is 22.8. The van der Waals surface area contributed by atoms with Crippen LogP contribution in [-0.2, 0) is 27.8 Å². The fourth-order valence-electron chi connectivity index (χ4n) is 4.54. The summed E-state index contributed by atoms with van der Waals surface area (Å²) in [7, 11) is -0.0830. The van der Waals surface area contributed by atoms with Crippen molar-refractivity contribution in [2.45, 2.75) is 49.6 Å². The van der Waals surface area contributed by atoms with Gasteiger partial charge in [0.05, 0.1) is 12.0 Å². The van der Waals surface area contributed by atoms with Gasteiger partial charge in [-0.2, -0.15) is 4.31 Å². The second kappa shape index (κ2) is 9.60. The molecule has 2 heterocycles. The van der Waals surface area contributed by atoms with E-state index in [4.69, 9.17) is 4.74 Å². The van der Waals surface area contributed by atoms with Gasteiger partial charge >= 0.3 is 0 Å². The number of amides is 1. The number of carbonyl (C=O) groups excluding carboxylic acids is 1. The Balaban J connectivity index is 1.71. The SMILES string of the molecule is COc1ccccc1CN(C1CCN(C)CC1)S(=O)(=O)c1ccc2c(c1)CCCC(=O)N2. The van der Waals surface area contributed by atoms with Crippen molar-refractivity contribution in [3.8, 4) is 5.75 Å². The third-order valence-corrected chi connectivity index (χ3v) is 8.32. The van der Waals surface area contributed by atoms with Crippen LogP contribution in [0, 0.1) is 0 Å². The predicted molar refractivity (Wildman–Crippen MR) is 124 cm³/mol. The summed E-state index contributed by atoms with van der Waals surface area (Å²) < 4.78 is 35.0. The smallest absolute Gasteiger partial charge is 0.243 e. The van der Waals surface area contributed by atoms with Crippen molar-refractivity contribution in [3.63, 3.8) is 0 Å². The summed E-state index contributed by atoms with van der Waals surface area (Å²) >= 11 is 0. The van der Waals surface area contributed by atoms with E-state index in [2.05, 4.69) is 17.3 Å². The molecular formula is C24H31N3O4S. The molecule has 8 heteroatoms. The van der Waals surface area contributed by atoms with Gasteiger partial charge in [-0.3, -0.25) is 4.79 Å². The molecule has 0 saturated carbocycles. The number of para-hydroxylation sites is 1. The molecule has 0 bridgehead atoms. The molecule has 172 valence electrons. The molecule has 1 fully saturated rings. The highest BCUT2D eigenvalue weighted by atomic mass is 32.2. The second-order valence-electron chi connectivity index (χ2n) is 8.62. The first-order chi connectivity index (χ1) is 15.4. The van der Waals surface area contributed by atoms with Crippen LogP contribution in [0.1, 0.15) is 36.8 Å². The van der Waals surface area contributed by atoms with Crippen molar-refractivity contribution in [2.75, 3.05) is 32.6 Å². The highest BCUT2D eigenvalue weighted by Gasteiger charge is 2.34. The molecule has 0 atom stereocenters. The van der Waals surface area contributed by atoms with Crippen molar-refractivity contribution in [1.29, 1.82) is 0 Å². The highest BCUT2D eigenvalue weighted by molar-refractivity contribution is 7.89. The van der Waals surface area contributed by atoms with Gasteiger partial charge in [0.25, 0.3) is 0 Å². The number of fused-ring (bicyclic) bond motifs is 1. The van der Waals surface area contributed by atoms with E-state index in [1.54, 1.807) is 29.6 Å². The molecule has 32 heavy (non-hydrogen) atoms. The van der Waals surface area contributed by atoms with Crippen LogP contribution in [0.2, 0.25) is 0 Å². The lowest BCUT2D eigenvalue weighted by Gasteiger charge is -2.36. The number of piperidine rings is 1. The fraction of sp³-hybridized carbons (Fsp3) is 0.458. The minimum absolute atomic E-state index is 0.0246. The predicted octanol–water partition coefficient (Wildman–Crippen LogP) is 3.26. The summed E-state index contributed by atoms with van der Waals surface area (Å²) in [5.41, 5.74) is 2.43. The Bertz CT molecular complexity index is 1080. The first-order valence-corrected chi connectivity index (χ1v) is 12.6. The normalized spacial score (nSPS) is 18.2. The number of rotatable bonds is 6. The van der Waals surface area contributed by atoms with Crippen LogP contribution in [0.15, 0.2) is 47.4 Å². The van der Waals surface area contributed by atoms with E-state index >= 15 is 0 Å². The summed E-state index contributed by atoms with van der Waals surface area (Å²) in [6, 6.07) is 12.6. The van der Waals surface area contributed by atoms with Gasteiger partial charge in [-0.1, -0.05) is 18.2 Å². The number of anilines is 1. The molecule has 4 rings (SSSR count). The van der Waals surface area contributed by atoms with Crippen LogP contribution in [0.5, 0.6) is 5.75 Å². The van der Waals surface area contributed by atoms with Crippen LogP contribution in [0.25, 0.3) is 0 Å². The van der Waals surface area contributed by atoms with Gasteiger partial charge < -0.3 is 15.0 Å². The Morgan fingerprint density at radius 2 is 1.88 bits per heavy atom. The number of benzene rings is 2. The largest absolute Gasteiger partial charge is 0.496 e. The van der Waals surface area contributed by atoms with E-state index in [-0.39, 0.29) is 23.4 Å². The molecule has 2 aliphatic heterocycles. The van der Waals surface area contributed by atoms with Crippen molar-refractivity contribution < 1.29 is 17.9 Å². The van der Waals surface area contributed by atoms with Gasteiger partial charge in [-0.15, -0.1) is 0 Å². The van der Waals surface area contributed by atoms with E-state index in [0.29, 0.717) is 30.7 Å². The number of sulfonamides is 1. The van der Waals surface area contributed by atoms with Crippen molar-refractivity contribution in [2.24, 2.45) is 0 Å². The lowest BCUT2D eigenvalue weighted by atomic mass is 10.0. The molecule has 7 nitrogen and oxygen atoms in total. The summed E-state index contributed by atoms with van der Waals surface area (Å²) in [5.74, 6) is 0.661. The van der Waals surface area contributed by atoms with Gasteiger partial charge in [0, 0.05) is 30.3 Å². The number of likely N-dealkylation sites (tertiary alicyclic amines) is 1. The standard InChI is InChI=1S/C24H31N3O4S/c1-26-14-12-20(13-15-26)27(17-19-6-3-4-8-23(19)31-2)32(29,30)21-10-11-22-18(16-21)7-5-9-24(28)25-22/h3-4,6,8,10-11,16,20H,5,7,9,12-15,17H2,1-2H3,(H,25,28). The van der Waals surface area contributed by atoms with E-state index < -0.39 is 10.0 Å².